The molecule has 0 bridgehead atoms. The second kappa shape index (κ2) is 6.39. The van der Waals surface area contributed by atoms with Crippen LogP contribution in [-0.2, 0) is 16.1 Å². The van der Waals surface area contributed by atoms with Crippen molar-refractivity contribution in [3.8, 4) is 0 Å². The third-order valence-electron chi connectivity index (χ3n) is 3.54. The van der Waals surface area contributed by atoms with Gasteiger partial charge in [-0.25, -0.2) is 8.78 Å². The second-order valence-electron chi connectivity index (χ2n) is 4.79. The molecule has 21 heavy (non-hydrogen) atoms. The van der Waals surface area contributed by atoms with Gasteiger partial charge in [0.15, 0.2) is 11.6 Å². The number of amides is 2. The third-order valence-corrected chi connectivity index (χ3v) is 3.95. The third kappa shape index (κ3) is 3.15. The molecule has 0 radical (unpaired) electrons. The van der Waals surface area contributed by atoms with Gasteiger partial charge in [-0.1, -0.05) is 17.7 Å². The zero-order chi connectivity index (χ0) is 15.6. The lowest BCUT2D eigenvalue weighted by Gasteiger charge is -2.22. The van der Waals surface area contributed by atoms with Gasteiger partial charge in [0.1, 0.15) is 6.04 Å². The molecular weight excluding hydrogens is 302 g/mol. The number of halogens is 3. The van der Waals surface area contributed by atoms with Crippen LogP contribution < -0.4 is 5.32 Å². The molecule has 0 aromatic heterocycles. The van der Waals surface area contributed by atoms with Crippen molar-refractivity contribution >= 4 is 23.4 Å². The van der Waals surface area contributed by atoms with Gasteiger partial charge in [-0.2, -0.15) is 0 Å². The monoisotopic (exact) mass is 316 g/mol. The van der Waals surface area contributed by atoms with Gasteiger partial charge < -0.3 is 10.2 Å². The van der Waals surface area contributed by atoms with Crippen LogP contribution in [0.1, 0.15) is 25.3 Å². The summed E-state index contributed by atoms with van der Waals surface area (Å²) in [4.78, 5) is 25.1. The van der Waals surface area contributed by atoms with E-state index >= 15 is 0 Å². The first-order chi connectivity index (χ1) is 9.95. The number of rotatable bonds is 4. The lowest BCUT2D eigenvalue weighted by atomic mass is 10.1. The fourth-order valence-corrected chi connectivity index (χ4v) is 2.63. The molecule has 1 saturated heterocycles. The topological polar surface area (TPSA) is 49.4 Å². The largest absolute Gasteiger partial charge is 0.350 e. The maximum atomic E-state index is 13.3. The highest BCUT2D eigenvalue weighted by Gasteiger charge is 2.34. The van der Waals surface area contributed by atoms with E-state index < -0.39 is 17.7 Å². The lowest BCUT2D eigenvalue weighted by Crippen LogP contribution is -2.44. The van der Waals surface area contributed by atoms with Gasteiger partial charge in [-0.05, 0) is 25.0 Å². The molecule has 1 aromatic carbocycles. The van der Waals surface area contributed by atoms with Crippen molar-refractivity contribution in [2.45, 2.75) is 32.4 Å². The van der Waals surface area contributed by atoms with Crippen molar-refractivity contribution in [1.82, 2.24) is 10.2 Å². The van der Waals surface area contributed by atoms with Crippen LogP contribution in [0.2, 0.25) is 5.02 Å². The molecule has 1 unspecified atom stereocenters. The minimum Gasteiger partial charge on any atom is -0.350 e. The number of benzene rings is 1. The number of carbonyl (C=O) groups is 2. The Hall–Kier alpha value is -1.69. The Morgan fingerprint density at radius 1 is 1.48 bits per heavy atom. The highest BCUT2D eigenvalue weighted by molar-refractivity contribution is 6.31. The number of hydrogen-bond donors (Lipinski definition) is 1. The predicted octanol–water partition coefficient (Wildman–Crippen LogP) is 2.25. The van der Waals surface area contributed by atoms with Crippen molar-refractivity contribution in [1.29, 1.82) is 0 Å². The van der Waals surface area contributed by atoms with Crippen LogP contribution >= 0.6 is 11.6 Å². The molecule has 1 fully saturated rings. The van der Waals surface area contributed by atoms with E-state index in [-0.39, 0.29) is 28.9 Å². The van der Waals surface area contributed by atoms with E-state index in [9.17, 15) is 18.4 Å². The van der Waals surface area contributed by atoms with Gasteiger partial charge in [0.25, 0.3) is 0 Å². The Morgan fingerprint density at radius 2 is 2.19 bits per heavy atom. The van der Waals surface area contributed by atoms with Crippen LogP contribution in [0.4, 0.5) is 8.78 Å². The molecule has 1 N–H and O–H groups in total. The SMILES string of the molecule is CCN1C(=O)CCC1C(=O)NCc1ccc(F)c(F)c1Cl. The normalized spacial score (nSPS) is 18.2. The Balaban J connectivity index is 2.02. The van der Waals surface area contributed by atoms with E-state index in [2.05, 4.69) is 5.32 Å². The van der Waals surface area contributed by atoms with Gasteiger partial charge in [-0.3, -0.25) is 9.59 Å². The Bertz CT molecular complexity index is 580. The number of likely N-dealkylation sites (N-methyl/N-ethyl adjacent to an activating group) is 1. The summed E-state index contributed by atoms with van der Waals surface area (Å²) in [5.74, 6) is -2.53. The summed E-state index contributed by atoms with van der Waals surface area (Å²) >= 11 is 5.69. The standard InChI is InChI=1S/C14H15ClF2N2O2/c1-2-19-10(5-6-11(19)20)14(21)18-7-8-3-4-9(16)13(17)12(8)15/h3-4,10H,2,5-7H2,1H3,(H,18,21). The van der Waals surface area contributed by atoms with Crippen LogP contribution in [0.3, 0.4) is 0 Å². The minimum absolute atomic E-state index is 0.0168. The van der Waals surface area contributed by atoms with Crippen molar-refractivity contribution in [3.63, 3.8) is 0 Å². The summed E-state index contributed by atoms with van der Waals surface area (Å²) in [6.07, 6.45) is 0.807. The van der Waals surface area contributed by atoms with Crippen LogP contribution in [0, 0.1) is 11.6 Å². The van der Waals surface area contributed by atoms with Crippen molar-refractivity contribution in [3.05, 3.63) is 34.4 Å². The summed E-state index contributed by atoms with van der Waals surface area (Å²) in [6.45, 7) is 2.25. The zero-order valence-corrected chi connectivity index (χ0v) is 12.2. The van der Waals surface area contributed by atoms with Gasteiger partial charge in [0.05, 0.1) is 5.02 Å². The molecule has 2 rings (SSSR count). The second-order valence-corrected chi connectivity index (χ2v) is 5.16. The van der Waals surface area contributed by atoms with Crippen LogP contribution in [0.25, 0.3) is 0 Å². The zero-order valence-electron chi connectivity index (χ0n) is 11.5. The maximum Gasteiger partial charge on any atom is 0.243 e. The minimum atomic E-state index is -1.13. The van der Waals surface area contributed by atoms with Crippen LogP contribution in [0.5, 0.6) is 0 Å². The van der Waals surface area contributed by atoms with Crippen molar-refractivity contribution in [2.75, 3.05) is 6.54 Å². The number of likely N-dealkylation sites (tertiary alicyclic amines) is 1. The highest BCUT2D eigenvalue weighted by atomic mass is 35.5. The van der Waals surface area contributed by atoms with E-state index in [1.54, 1.807) is 6.92 Å². The summed E-state index contributed by atoms with van der Waals surface area (Å²) in [6, 6.07) is 1.77. The average Bonchev–Trinajstić information content (AvgIpc) is 2.84. The number of carbonyl (C=O) groups excluding carboxylic acids is 2. The van der Waals surface area contributed by atoms with Crippen LogP contribution in [-0.4, -0.2) is 29.3 Å². The predicted molar refractivity (Wildman–Crippen MR) is 73.6 cm³/mol. The first-order valence-electron chi connectivity index (χ1n) is 6.65. The molecule has 1 aromatic rings. The number of hydrogen-bond acceptors (Lipinski definition) is 2. The first kappa shape index (κ1) is 15.7. The lowest BCUT2D eigenvalue weighted by molar-refractivity contribution is -0.135. The summed E-state index contributed by atoms with van der Waals surface area (Å²) in [5.41, 5.74) is 0.288. The van der Waals surface area contributed by atoms with Gasteiger partial charge in [0.2, 0.25) is 11.8 Å². The highest BCUT2D eigenvalue weighted by Crippen LogP contribution is 2.23. The van der Waals surface area contributed by atoms with Gasteiger partial charge in [0, 0.05) is 19.5 Å². The quantitative estimate of drug-likeness (QED) is 0.866. The fraction of sp³-hybridized carbons (Fsp3) is 0.429. The molecule has 2 amide bonds. The van der Waals surface area contributed by atoms with Gasteiger partial charge >= 0.3 is 0 Å². The Kier molecular flexibility index (Phi) is 4.77. The first-order valence-corrected chi connectivity index (χ1v) is 7.03. The van der Waals surface area contributed by atoms with E-state index in [1.807, 2.05) is 0 Å². The summed E-state index contributed by atoms with van der Waals surface area (Å²) < 4.78 is 26.3. The average molecular weight is 317 g/mol. The Morgan fingerprint density at radius 3 is 2.86 bits per heavy atom. The molecule has 0 spiro atoms. The van der Waals surface area contributed by atoms with Crippen molar-refractivity contribution < 1.29 is 18.4 Å². The van der Waals surface area contributed by atoms with Crippen molar-refractivity contribution in [2.24, 2.45) is 0 Å². The molecule has 0 saturated carbocycles. The number of nitrogens with zero attached hydrogens (tertiary/aromatic N) is 1. The molecule has 114 valence electrons. The molecular formula is C14H15ClF2N2O2. The maximum absolute atomic E-state index is 13.3. The Labute approximate surface area is 126 Å². The fourth-order valence-electron chi connectivity index (χ4n) is 2.41. The molecule has 0 aliphatic carbocycles. The smallest absolute Gasteiger partial charge is 0.243 e. The van der Waals surface area contributed by atoms with E-state index in [4.69, 9.17) is 11.6 Å². The molecule has 1 heterocycles. The van der Waals surface area contributed by atoms with E-state index in [1.165, 1.54) is 11.0 Å². The molecule has 1 aliphatic rings. The van der Waals surface area contributed by atoms with Crippen LogP contribution in [0.15, 0.2) is 12.1 Å². The summed E-state index contributed by atoms with van der Waals surface area (Å²) in [7, 11) is 0. The number of nitrogens with one attached hydrogen (secondary N) is 1. The molecule has 7 heteroatoms. The van der Waals surface area contributed by atoms with E-state index in [0.29, 0.717) is 19.4 Å². The van der Waals surface area contributed by atoms with E-state index in [0.717, 1.165) is 6.07 Å². The van der Waals surface area contributed by atoms with Gasteiger partial charge in [-0.15, -0.1) is 0 Å². The molecule has 1 aliphatic heterocycles. The molecule has 4 nitrogen and oxygen atoms in total. The summed E-state index contributed by atoms with van der Waals surface area (Å²) in [5, 5.41) is 2.26. The molecule has 1 atom stereocenters.